The maximum Gasteiger partial charge on any atom is 0.260 e. The van der Waals surface area contributed by atoms with E-state index >= 15 is 0 Å². The third kappa shape index (κ3) is 3.02. The standard InChI is InChI=1S/C19H20N4O/c24-19-16-11-17(23-18(16)21-12-22-19)14-8-9-20-15(10-14)7-6-13-4-2-1-3-5-13/h6-13H,1-5H2,(H2,21,22,23,24)/b7-6+. The Bertz CT molecular complexity index is 932. The second-order valence-corrected chi connectivity index (χ2v) is 6.40. The van der Waals surface area contributed by atoms with Crippen molar-refractivity contribution in [2.45, 2.75) is 32.1 Å². The van der Waals surface area contributed by atoms with Gasteiger partial charge in [-0.3, -0.25) is 9.78 Å². The van der Waals surface area contributed by atoms with Gasteiger partial charge in [-0.25, -0.2) is 4.98 Å². The minimum absolute atomic E-state index is 0.131. The topological polar surface area (TPSA) is 74.4 Å². The summed E-state index contributed by atoms with van der Waals surface area (Å²) in [4.78, 5) is 26.2. The van der Waals surface area contributed by atoms with Crippen LogP contribution in [-0.2, 0) is 0 Å². The minimum Gasteiger partial charge on any atom is -0.339 e. The maximum absolute atomic E-state index is 11.8. The van der Waals surface area contributed by atoms with Gasteiger partial charge in [0, 0.05) is 17.5 Å². The number of aromatic amines is 2. The van der Waals surface area contributed by atoms with Crippen molar-refractivity contribution >= 4 is 17.1 Å². The summed E-state index contributed by atoms with van der Waals surface area (Å²) in [5.74, 6) is 0.681. The number of H-pyrrole nitrogens is 2. The van der Waals surface area contributed by atoms with Gasteiger partial charge in [-0.05, 0) is 43.0 Å². The third-order valence-corrected chi connectivity index (χ3v) is 4.71. The molecule has 0 spiro atoms. The monoisotopic (exact) mass is 320 g/mol. The van der Waals surface area contributed by atoms with E-state index < -0.39 is 0 Å². The molecule has 3 heterocycles. The van der Waals surface area contributed by atoms with Crippen LogP contribution >= 0.6 is 0 Å². The first kappa shape index (κ1) is 14.9. The van der Waals surface area contributed by atoms with E-state index in [0.29, 0.717) is 17.0 Å². The van der Waals surface area contributed by atoms with Crippen molar-refractivity contribution < 1.29 is 0 Å². The number of rotatable bonds is 3. The van der Waals surface area contributed by atoms with Crippen LogP contribution in [0.2, 0.25) is 0 Å². The van der Waals surface area contributed by atoms with Crippen LogP contribution < -0.4 is 5.56 Å². The first-order valence-electron chi connectivity index (χ1n) is 8.50. The van der Waals surface area contributed by atoms with Gasteiger partial charge >= 0.3 is 0 Å². The molecule has 3 aromatic rings. The van der Waals surface area contributed by atoms with Crippen LogP contribution in [0.4, 0.5) is 0 Å². The molecule has 0 radical (unpaired) electrons. The molecule has 5 heteroatoms. The molecule has 3 aromatic heterocycles. The molecule has 1 saturated carbocycles. The Morgan fingerprint density at radius 1 is 1.12 bits per heavy atom. The zero-order valence-electron chi connectivity index (χ0n) is 13.5. The molecule has 0 aromatic carbocycles. The van der Waals surface area contributed by atoms with Gasteiger partial charge in [0.2, 0.25) is 0 Å². The quantitative estimate of drug-likeness (QED) is 0.768. The molecule has 0 aliphatic heterocycles. The molecule has 2 N–H and O–H groups in total. The van der Waals surface area contributed by atoms with E-state index in [1.54, 1.807) is 6.20 Å². The SMILES string of the molecule is O=c1[nH]cnc2[nH]c(-c3ccnc(/C=C/C4CCCCC4)c3)cc12. The fourth-order valence-corrected chi connectivity index (χ4v) is 3.38. The van der Waals surface area contributed by atoms with E-state index in [9.17, 15) is 4.79 Å². The lowest BCUT2D eigenvalue weighted by atomic mass is 9.89. The molecule has 1 aliphatic rings. The molecular weight excluding hydrogens is 300 g/mol. The van der Waals surface area contributed by atoms with Gasteiger partial charge in [0.25, 0.3) is 5.56 Å². The molecule has 24 heavy (non-hydrogen) atoms. The zero-order valence-corrected chi connectivity index (χ0v) is 13.5. The number of aromatic nitrogens is 4. The summed E-state index contributed by atoms with van der Waals surface area (Å²) in [7, 11) is 0. The molecular formula is C19H20N4O. The summed E-state index contributed by atoms with van der Waals surface area (Å²) in [5.41, 5.74) is 3.30. The van der Waals surface area contributed by atoms with Crippen molar-refractivity contribution in [2.24, 2.45) is 5.92 Å². The van der Waals surface area contributed by atoms with Crippen molar-refractivity contribution in [3.05, 3.63) is 52.8 Å². The number of nitrogens with zero attached hydrogens (tertiary/aromatic N) is 2. The van der Waals surface area contributed by atoms with E-state index in [0.717, 1.165) is 17.0 Å². The van der Waals surface area contributed by atoms with Crippen molar-refractivity contribution in [1.82, 2.24) is 19.9 Å². The lowest BCUT2D eigenvalue weighted by molar-refractivity contribution is 0.420. The number of hydrogen-bond acceptors (Lipinski definition) is 3. The molecule has 0 saturated heterocycles. The van der Waals surface area contributed by atoms with Gasteiger partial charge < -0.3 is 9.97 Å². The number of fused-ring (bicyclic) bond motifs is 1. The van der Waals surface area contributed by atoms with Gasteiger partial charge in [-0.1, -0.05) is 25.3 Å². The highest BCUT2D eigenvalue weighted by molar-refractivity contribution is 5.82. The van der Waals surface area contributed by atoms with Crippen molar-refractivity contribution in [3.63, 3.8) is 0 Å². The summed E-state index contributed by atoms with van der Waals surface area (Å²) >= 11 is 0. The Hall–Kier alpha value is -2.69. The fraction of sp³-hybridized carbons (Fsp3) is 0.316. The van der Waals surface area contributed by atoms with Crippen LogP contribution in [0, 0.1) is 5.92 Å². The molecule has 5 nitrogen and oxygen atoms in total. The number of pyridine rings is 1. The summed E-state index contributed by atoms with van der Waals surface area (Å²) in [5, 5.41) is 0.573. The normalized spacial score (nSPS) is 16.2. The van der Waals surface area contributed by atoms with Crippen molar-refractivity contribution in [3.8, 4) is 11.3 Å². The summed E-state index contributed by atoms with van der Waals surface area (Å²) < 4.78 is 0. The lowest BCUT2D eigenvalue weighted by Crippen LogP contribution is -2.04. The molecule has 0 bridgehead atoms. The number of hydrogen-bond donors (Lipinski definition) is 2. The van der Waals surface area contributed by atoms with E-state index in [2.05, 4.69) is 32.1 Å². The van der Waals surface area contributed by atoms with Gasteiger partial charge in [0.05, 0.1) is 17.4 Å². The lowest BCUT2D eigenvalue weighted by Gasteiger charge is -2.17. The Morgan fingerprint density at radius 3 is 2.83 bits per heavy atom. The van der Waals surface area contributed by atoms with Crippen LogP contribution in [0.25, 0.3) is 28.4 Å². The second kappa shape index (κ2) is 6.43. The Labute approximate surface area is 139 Å². The first-order chi connectivity index (χ1) is 11.8. The average molecular weight is 320 g/mol. The summed E-state index contributed by atoms with van der Waals surface area (Å²) in [6, 6.07) is 5.82. The van der Waals surface area contributed by atoms with Crippen LogP contribution in [0.5, 0.6) is 0 Å². The van der Waals surface area contributed by atoms with Gasteiger partial charge in [-0.15, -0.1) is 0 Å². The predicted molar refractivity (Wildman–Crippen MR) is 95.6 cm³/mol. The number of nitrogens with one attached hydrogen (secondary N) is 2. The minimum atomic E-state index is -0.131. The van der Waals surface area contributed by atoms with E-state index in [4.69, 9.17) is 0 Å². The highest BCUT2D eigenvalue weighted by Crippen LogP contribution is 2.26. The Morgan fingerprint density at radius 2 is 2.00 bits per heavy atom. The van der Waals surface area contributed by atoms with Crippen LogP contribution in [0.15, 0.2) is 41.6 Å². The van der Waals surface area contributed by atoms with Gasteiger partial charge in [0.15, 0.2) is 0 Å². The van der Waals surface area contributed by atoms with Crippen LogP contribution in [-0.4, -0.2) is 19.9 Å². The molecule has 0 unspecified atom stereocenters. The molecule has 0 amide bonds. The van der Waals surface area contributed by atoms with Gasteiger partial charge in [-0.2, -0.15) is 0 Å². The Balaban J connectivity index is 1.62. The molecule has 1 aliphatic carbocycles. The van der Waals surface area contributed by atoms with Gasteiger partial charge in [0.1, 0.15) is 5.65 Å². The predicted octanol–water partition coefficient (Wildman–Crippen LogP) is 3.91. The van der Waals surface area contributed by atoms with Crippen molar-refractivity contribution in [1.29, 1.82) is 0 Å². The highest BCUT2D eigenvalue weighted by atomic mass is 16.1. The van der Waals surface area contributed by atoms with Crippen molar-refractivity contribution in [2.75, 3.05) is 0 Å². The molecule has 122 valence electrons. The first-order valence-corrected chi connectivity index (χ1v) is 8.50. The largest absolute Gasteiger partial charge is 0.339 e. The van der Waals surface area contributed by atoms with Crippen LogP contribution in [0.1, 0.15) is 37.8 Å². The maximum atomic E-state index is 11.8. The highest BCUT2D eigenvalue weighted by Gasteiger charge is 2.10. The zero-order chi connectivity index (χ0) is 16.4. The average Bonchev–Trinajstić information content (AvgIpc) is 3.07. The smallest absolute Gasteiger partial charge is 0.260 e. The summed E-state index contributed by atoms with van der Waals surface area (Å²) in [6.07, 6.45) is 14.2. The van der Waals surface area contributed by atoms with Crippen LogP contribution in [0.3, 0.4) is 0 Å². The van der Waals surface area contributed by atoms with E-state index in [1.807, 2.05) is 18.2 Å². The molecule has 1 fully saturated rings. The number of allylic oxidation sites excluding steroid dienone is 1. The molecule has 4 rings (SSSR count). The Kier molecular flexibility index (Phi) is 3.99. The van der Waals surface area contributed by atoms with E-state index in [1.165, 1.54) is 38.4 Å². The fourth-order valence-electron chi connectivity index (χ4n) is 3.38. The third-order valence-electron chi connectivity index (χ3n) is 4.71. The van der Waals surface area contributed by atoms with E-state index in [-0.39, 0.29) is 5.56 Å². The molecule has 0 atom stereocenters. The summed E-state index contributed by atoms with van der Waals surface area (Å²) in [6.45, 7) is 0. The second-order valence-electron chi connectivity index (χ2n) is 6.40.